The molecule has 5 rings (SSSR count). The number of piperazine rings is 1. The lowest BCUT2D eigenvalue weighted by Crippen LogP contribution is -2.49. The van der Waals surface area contributed by atoms with Crippen LogP contribution in [0.3, 0.4) is 0 Å². The molecule has 0 aliphatic carbocycles. The highest BCUT2D eigenvalue weighted by atomic mass is 16.5. The SMILES string of the molecule is CCc1nc2c(N3CCN(C(=O)CCCOc4cccc5n[nH]nc45)CC3)ncnc2o1. The highest BCUT2D eigenvalue weighted by Gasteiger charge is 2.24. The number of carbonyl (C=O) groups is 1. The quantitative estimate of drug-likeness (QED) is 0.433. The highest BCUT2D eigenvalue weighted by molar-refractivity contribution is 5.82. The molecule has 32 heavy (non-hydrogen) atoms. The van der Waals surface area contributed by atoms with Gasteiger partial charge in [-0.25, -0.2) is 9.97 Å². The number of rotatable bonds is 7. The summed E-state index contributed by atoms with van der Waals surface area (Å²) in [6.07, 6.45) is 3.28. The zero-order valence-corrected chi connectivity index (χ0v) is 17.8. The van der Waals surface area contributed by atoms with E-state index in [1.807, 2.05) is 30.0 Å². The number of ether oxygens (including phenoxy) is 1. The number of oxazole rings is 1. The van der Waals surface area contributed by atoms with Gasteiger partial charge in [-0.05, 0) is 18.6 Å². The van der Waals surface area contributed by atoms with Gasteiger partial charge in [-0.3, -0.25) is 4.79 Å². The van der Waals surface area contributed by atoms with Crippen molar-refractivity contribution in [1.29, 1.82) is 0 Å². The third-order valence-electron chi connectivity index (χ3n) is 5.56. The Morgan fingerprint density at radius 1 is 1.16 bits per heavy atom. The molecule has 1 aliphatic rings. The van der Waals surface area contributed by atoms with E-state index in [1.165, 1.54) is 6.33 Å². The van der Waals surface area contributed by atoms with Crippen molar-refractivity contribution in [3.63, 3.8) is 0 Å². The maximum absolute atomic E-state index is 12.6. The summed E-state index contributed by atoms with van der Waals surface area (Å²) in [5.74, 6) is 2.22. The van der Waals surface area contributed by atoms with Crippen LogP contribution in [-0.4, -0.2) is 74.0 Å². The van der Waals surface area contributed by atoms with E-state index < -0.39 is 0 Å². The Balaban J connectivity index is 1.12. The van der Waals surface area contributed by atoms with E-state index in [4.69, 9.17) is 9.15 Å². The monoisotopic (exact) mass is 436 g/mol. The Kier molecular flexibility index (Phi) is 5.53. The predicted octanol–water partition coefficient (Wildman–Crippen LogP) is 1.96. The van der Waals surface area contributed by atoms with Gasteiger partial charge in [0.05, 0.1) is 6.61 Å². The zero-order chi connectivity index (χ0) is 21.9. The van der Waals surface area contributed by atoms with Crippen LogP contribution < -0.4 is 9.64 Å². The second-order valence-electron chi connectivity index (χ2n) is 7.58. The predicted molar refractivity (Wildman–Crippen MR) is 116 cm³/mol. The number of fused-ring (bicyclic) bond motifs is 2. The second-order valence-corrected chi connectivity index (χ2v) is 7.58. The second kappa shape index (κ2) is 8.77. The van der Waals surface area contributed by atoms with Crippen LogP contribution in [0.25, 0.3) is 22.3 Å². The van der Waals surface area contributed by atoms with E-state index in [0.29, 0.717) is 80.4 Å². The molecular formula is C21H24N8O3. The van der Waals surface area contributed by atoms with Crippen LogP contribution >= 0.6 is 0 Å². The molecule has 0 atom stereocenters. The van der Waals surface area contributed by atoms with E-state index in [9.17, 15) is 4.79 Å². The molecule has 0 saturated carbocycles. The van der Waals surface area contributed by atoms with E-state index in [-0.39, 0.29) is 5.91 Å². The van der Waals surface area contributed by atoms with Gasteiger partial charge in [0.25, 0.3) is 5.71 Å². The van der Waals surface area contributed by atoms with Crippen molar-refractivity contribution in [3.05, 3.63) is 30.4 Å². The topological polar surface area (TPSA) is 126 Å². The van der Waals surface area contributed by atoms with Crippen LogP contribution in [0.15, 0.2) is 28.9 Å². The number of hydrogen-bond acceptors (Lipinski definition) is 9. The largest absolute Gasteiger partial charge is 0.491 e. The van der Waals surface area contributed by atoms with Crippen LogP contribution in [-0.2, 0) is 11.2 Å². The first-order chi connectivity index (χ1) is 15.7. The van der Waals surface area contributed by atoms with E-state index in [1.54, 1.807) is 0 Å². The van der Waals surface area contributed by atoms with Gasteiger partial charge in [-0.1, -0.05) is 13.0 Å². The van der Waals surface area contributed by atoms with Crippen molar-refractivity contribution >= 4 is 34.0 Å². The van der Waals surface area contributed by atoms with Crippen molar-refractivity contribution in [1.82, 2.24) is 35.3 Å². The van der Waals surface area contributed by atoms with Crippen LogP contribution in [0.4, 0.5) is 5.82 Å². The number of aromatic nitrogens is 6. The van der Waals surface area contributed by atoms with Crippen LogP contribution in [0, 0.1) is 0 Å². The van der Waals surface area contributed by atoms with Crippen molar-refractivity contribution in [2.75, 3.05) is 37.7 Å². The number of amides is 1. The number of hydrogen-bond donors (Lipinski definition) is 1. The summed E-state index contributed by atoms with van der Waals surface area (Å²) >= 11 is 0. The standard InChI is InChI=1S/C21H24N8O3/c1-2-16-24-19-20(22-13-23-21(19)32-16)29-10-8-28(9-11-29)17(30)7-4-12-31-15-6-3-5-14-18(15)26-27-25-14/h3,5-6,13H,2,4,7-12H2,1H3,(H,25,26,27). The average molecular weight is 436 g/mol. The molecular weight excluding hydrogens is 412 g/mol. The molecule has 1 fully saturated rings. The Morgan fingerprint density at radius 3 is 2.88 bits per heavy atom. The Bertz CT molecular complexity index is 1230. The summed E-state index contributed by atoms with van der Waals surface area (Å²) in [4.78, 5) is 29.8. The van der Waals surface area contributed by atoms with Crippen molar-refractivity contribution in [2.45, 2.75) is 26.2 Å². The molecule has 0 bridgehead atoms. The Hall–Kier alpha value is -3.76. The molecule has 0 spiro atoms. The first-order valence-corrected chi connectivity index (χ1v) is 10.8. The van der Waals surface area contributed by atoms with Gasteiger partial charge in [0.15, 0.2) is 22.7 Å². The number of nitrogens with one attached hydrogen (secondary N) is 1. The number of benzene rings is 1. The third-order valence-corrected chi connectivity index (χ3v) is 5.56. The minimum atomic E-state index is 0.135. The fourth-order valence-electron chi connectivity index (χ4n) is 3.86. The first-order valence-electron chi connectivity index (χ1n) is 10.8. The van der Waals surface area contributed by atoms with Crippen LogP contribution in [0.1, 0.15) is 25.7 Å². The lowest BCUT2D eigenvalue weighted by atomic mass is 10.2. The van der Waals surface area contributed by atoms with Gasteiger partial charge in [-0.2, -0.15) is 20.4 Å². The minimum absolute atomic E-state index is 0.135. The number of anilines is 1. The van der Waals surface area contributed by atoms with Gasteiger partial charge >= 0.3 is 0 Å². The van der Waals surface area contributed by atoms with Crippen LogP contribution in [0.2, 0.25) is 0 Å². The lowest BCUT2D eigenvalue weighted by Gasteiger charge is -2.35. The Morgan fingerprint density at radius 2 is 2.03 bits per heavy atom. The highest BCUT2D eigenvalue weighted by Crippen LogP contribution is 2.25. The number of carbonyl (C=O) groups excluding carboxylic acids is 1. The van der Waals surface area contributed by atoms with Gasteiger partial charge in [0.2, 0.25) is 5.91 Å². The number of para-hydroxylation sites is 1. The van der Waals surface area contributed by atoms with Gasteiger partial charge in [0.1, 0.15) is 17.6 Å². The third kappa shape index (κ3) is 3.93. The first kappa shape index (κ1) is 20.2. The van der Waals surface area contributed by atoms with Crippen molar-refractivity contribution in [2.24, 2.45) is 0 Å². The Labute approximate surface area is 183 Å². The van der Waals surface area contributed by atoms with Gasteiger partial charge in [-0.15, -0.1) is 0 Å². The van der Waals surface area contributed by atoms with Crippen LogP contribution in [0.5, 0.6) is 5.75 Å². The molecule has 11 heteroatoms. The molecule has 1 amide bonds. The van der Waals surface area contributed by atoms with E-state index in [0.717, 1.165) is 11.3 Å². The molecule has 11 nitrogen and oxygen atoms in total. The summed E-state index contributed by atoms with van der Waals surface area (Å²) in [6.45, 7) is 5.10. The fourth-order valence-corrected chi connectivity index (χ4v) is 3.86. The molecule has 4 aromatic rings. The number of nitrogens with zero attached hydrogens (tertiary/aromatic N) is 7. The number of aromatic amines is 1. The molecule has 3 aromatic heterocycles. The zero-order valence-electron chi connectivity index (χ0n) is 17.8. The van der Waals surface area contributed by atoms with Crippen molar-refractivity contribution < 1.29 is 13.9 Å². The molecule has 1 N–H and O–H groups in total. The molecule has 166 valence electrons. The summed E-state index contributed by atoms with van der Waals surface area (Å²) in [7, 11) is 0. The van der Waals surface area contributed by atoms with Gasteiger partial charge in [0, 0.05) is 39.0 Å². The lowest BCUT2D eigenvalue weighted by molar-refractivity contribution is -0.131. The number of H-pyrrole nitrogens is 1. The summed E-state index contributed by atoms with van der Waals surface area (Å²) < 4.78 is 11.5. The maximum Gasteiger partial charge on any atom is 0.252 e. The number of aryl methyl sites for hydroxylation is 1. The normalized spacial score (nSPS) is 14.4. The summed E-state index contributed by atoms with van der Waals surface area (Å²) in [5, 5.41) is 10.7. The van der Waals surface area contributed by atoms with Gasteiger partial charge < -0.3 is 19.0 Å². The smallest absolute Gasteiger partial charge is 0.252 e. The van der Waals surface area contributed by atoms with E-state index in [2.05, 4.69) is 35.3 Å². The molecule has 1 aliphatic heterocycles. The van der Waals surface area contributed by atoms with Crippen molar-refractivity contribution in [3.8, 4) is 5.75 Å². The molecule has 4 heterocycles. The minimum Gasteiger partial charge on any atom is -0.491 e. The summed E-state index contributed by atoms with van der Waals surface area (Å²) in [5.41, 5.74) is 2.65. The average Bonchev–Trinajstić information content (AvgIpc) is 3.48. The maximum atomic E-state index is 12.6. The molecule has 1 saturated heterocycles. The molecule has 0 radical (unpaired) electrons. The fraction of sp³-hybridized carbons (Fsp3) is 0.429. The van der Waals surface area contributed by atoms with E-state index >= 15 is 0 Å². The molecule has 1 aromatic carbocycles. The summed E-state index contributed by atoms with van der Waals surface area (Å²) in [6, 6.07) is 5.60. The molecule has 0 unspecified atom stereocenters.